The number of carbonyl (C=O) groups excluding carboxylic acids is 1. The van der Waals surface area contributed by atoms with Crippen molar-refractivity contribution < 1.29 is 17.9 Å². The summed E-state index contributed by atoms with van der Waals surface area (Å²) >= 11 is 0. The number of amides is 1. The monoisotopic (exact) mass is 586 g/mol. The van der Waals surface area contributed by atoms with Crippen LogP contribution in [0.3, 0.4) is 0 Å². The Kier molecular flexibility index (Phi) is 7.76. The fourth-order valence-corrected chi connectivity index (χ4v) is 5.37. The number of alkyl carbamates (subject to hydrolysis) is 1. The van der Waals surface area contributed by atoms with Crippen molar-refractivity contribution in [2.45, 2.75) is 38.3 Å². The molecule has 1 fully saturated rings. The van der Waals surface area contributed by atoms with Crippen molar-refractivity contribution in [3.05, 3.63) is 107 Å². The second-order valence-corrected chi connectivity index (χ2v) is 12.9. The summed E-state index contributed by atoms with van der Waals surface area (Å²) in [6.45, 7) is 10.9. The second-order valence-electron chi connectivity index (χ2n) is 11.3. The molecular weight excluding hydrogens is 552 g/mol. The molecule has 42 heavy (non-hydrogen) atoms. The molecule has 0 spiro atoms. The number of carbonyl (C=O) groups is 1. The number of sulfonamides is 1. The lowest BCUT2D eigenvalue weighted by Gasteiger charge is -2.43. The molecule has 0 bridgehead atoms. The summed E-state index contributed by atoms with van der Waals surface area (Å²) in [5, 5.41) is 16.2. The van der Waals surface area contributed by atoms with Crippen molar-refractivity contribution in [3.8, 4) is 11.1 Å². The van der Waals surface area contributed by atoms with Gasteiger partial charge in [-0.05, 0) is 49.1 Å². The summed E-state index contributed by atoms with van der Waals surface area (Å²) in [7, 11) is -3.86. The number of nitrogens with two attached hydrogens (primary N) is 1. The topological polar surface area (TPSA) is 141 Å². The summed E-state index contributed by atoms with van der Waals surface area (Å²) in [6.07, 6.45) is 15.4. The van der Waals surface area contributed by atoms with Crippen molar-refractivity contribution >= 4 is 27.3 Å². The summed E-state index contributed by atoms with van der Waals surface area (Å²) < 4.78 is 31.3. The number of fused-ring (bicyclic) bond motifs is 1. The highest BCUT2D eigenvalue weighted by molar-refractivity contribution is 7.93. The molecule has 3 heterocycles. The van der Waals surface area contributed by atoms with Gasteiger partial charge in [-0.2, -0.15) is 5.10 Å². The Morgan fingerprint density at radius 2 is 1.86 bits per heavy atom. The van der Waals surface area contributed by atoms with Gasteiger partial charge in [-0.1, -0.05) is 61.2 Å². The van der Waals surface area contributed by atoms with E-state index in [9.17, 15) is 13.2 Å². The molecule has 1 aromatic carbocycles. The quantitative estimate of drug-likeness (QED) is 0.404. The fraction of sp³-hybridized carbons (Fsp3) is 0.258. The Bertz CT molecular complexity index is 1770. The molecule has 0 unspecified atom stereocenters. The van der Waals surface area contributed by atoms with Gasteiger partial charge in [0.05, 0.1) is 16.6 Å². The molecular formula is C31H34N6O4S. The van der Waals surface area contributed by atoms with Crippen LogP contribution in [-0.4, -0.2) is 47.8 Å². The zero-order valence-corrected chi connectivity index (χ0v) is 24.6. The van der Waals surface area contributed by atoms with Crippen molar-refractivity contribution in [1.82, 2.24) is 25.2 Å². The average molecular weight is 587 g/mol. The number of hydrogen-bond donors (Lipinski definition) is 3. The van der Waals surface area contributed by atoms with Crippen molar-refractivity contribution in [3.63, 3.8) is 0 Å². The molecule has 10 nitrogen and oxygen atoms in total. The van der Waals surface area contributed by atoms with E-state index >= 15 is 0 Å². The Hall–Kier alpha value is -4.32. The summed E-state index contributed by atoms with van der Waals surface area (Å²) in [4.78, 5) is 17.3. The lowest BCUT2D eigenvalue weighted by molar-refractivity contribution is 0.0406. The number of primary sulfonamides is 1. The van der Waals surface area contributed by atoms with Crippen LogP contribution >= 0.6 is 0 Å². The van der Waals surface area contributed by atoms with E-state index in [0.717, 1.165) is 16.7 Å². The number of hydrogen-bond acceptors (Lipinski definition) is 7. The first-order valence-electron chi connectivity index (χ1n) is 13.5. The molecule has 1 saturated heterocycles. The highest BCUT2D eigenvalue weighted by Crippen LogP contribution is 2.31. The minimum absolute atomic E-state index is 0.0928. The fourth-order valence-electron chi connectivity index (χ4n) is 4.78. The van der Waals surface area contributed by atoms with Crippen molar-refractivity contribution in [2.24, 2.45) is 5.14 Å². The van der Waals surface area contributed by atoms with E-state index in [-0.39, 0.29) is 11.3 Å². The van der Waals surface area contributed by atoms with Crippen molar-refractivity contribution in [2.75, 3.05) is 13.1 Å². The van der Waals surface area contributed by atoms with Gasteiger partial charge in [0, 0.05) is 43.0 Å². The third kappa shape index (κ3) is 6.28. The van der Waals surface area contributed by atoms with E-state index in [4.69, 9.17) is 14.9 Å². The predicted molar refractivity (Wildman–Crippen MR) is 164 cm³/mol. The van der Waals surface area contributed by atoms with Crippen LogP contribution in [0.25, 0.3) is 22.3 Å². The van der Waals surface area contributed by atoms with E-state index < -0.39 is 27.3 Å². The van der Waals surface area contributed by atoms with Crippen LogP contribution in [0.15, 0.2) is 96.4 Å². The first-order chi connectivity index (χ1) is 19.8. The smallest absolute Gasteiger partial charge is 0.408 e. The normalized spacial score (nSPS) is 21.3. The Balaban J connectivity index is 1.43. The minimum atomic E-state index is -3.86. The molecule has 3 aromatic rings. The zero-order chi connectivity index (χ0) is 30.1. The van der Waals surface area contributed by atoms with Gasteiger partial charge < -0.3 is 15.4 Å². The first kappa shape index (κ1) is 29.2. The standard InChI is InChI=1S/C31H34N6O4S/c1-21-8-6-5-7-9-25(42(32,39)40)14-15-26(21)27-17-35-37-18-23(16-34-28(27)37)22-10-12-24(13-11-22)31(19-33-20-31)36-29(38)41-30(2,3)4/h5-8,10-18,33H,1,9,19-20H2,2-4H3,(H,36,38)(H2,32,39,40)/b7-5-,8-6-,25-14+,26-15+. The number of allylic oxidation sites excluding steroid dienone is 9. The average Bonchev–Trinajstić information content (AvgIpc) is 3.31. The number of aromatic nitrogens is 3. The minimum Gasteiger partial charge on any atom is -0.444 e. The maximum atomic E-state index is 12.5. The van der Waals surface area contributed by atoms with E-state index in [1.165, 1.54) is 6.08 Å². The van der Waals surface area contributed by atoms with Gasteiger partial charge in [0.15, 0.2) is 5.65 Å². The molecule has 218 valence electrons. The second kappa shape index (κ2) is 11.2. The highest BCUT2D eigenvalue weighted by atomic mass is 32.2. The summed E-state index contributed by atoms with van der Waals surface area (Å²) in [5.41, 5.74) is 4.29. The number of rotatable bonds is 5. The predicted octanol–water partition coefficient (Wildman–Crippen LogP) is 4.35. The molecule has 5 rings (SSSR count). The van der Waals surface area contributed by atoms with E-state index in [1.54, 1.807) is 41.2 Å². The van der Waals surface area contributed by atoms with Gasteiger partial charge in [-0.15, -0.1) is 0 Å². The van der Waals surface area contributed by atoms with Crippen LogP contribution in [0.4, 0.5) is 4.79 Å². The van der Waals surface area contributed by atoms with Gasteiger partial charge in [-0.3, -0.25) is 0 Å². The molecule has 2 aliphatic rings. The van der Waals surface area contributed by atoms with Crippen molar-refractivity contribution in [1.29, 1.82) is 0 Å². The third-order valence-corrected chi connectivity index (χ3v) is 8.06. The zero-order valence-electron chi connectivity index (χ0n) is 23.8. The Morgan fingerprint density at radius 1 is 1.12 bits per heavy atom. The number of nitrogens with zero attached hydrogens (tertiary/aromatic N) is 3. The molecule has 0 atom stereocenters. The van der Waals surface area contributed by atoms with Crippen LogP contribution in [0.5, 0.6) is 0 Å². The van der Waals surface area contributed by atoms with Crippen LogP contribution < -0.4 is 15.8 Å². The Labute approximate surface area is 245 Å². The summed E-state index contributed by atoms with van der Waals surface area (Å²) in [6, 6.07) is 7.97. The van der Waals surface area contributed by atoms with Crippen LogP contribution in [0.2, 0.25) is 0 Å². The lowest BCUT2D eigenvalue weighted by atomic mass is 9.83. The van der Waals surface area contributed by atoms with Crippen LogP contribution in [0.1, 0.15) is 38.3 Å². The first-order valence-corrected chi connectivity index (χ1v) is 15.0. The maximum absolute atomic E-state index is 12.5. The molecule has 0 radical (unpaired) electrons. The van der Waals surface area contributed by atoms with Gasteiger partial charge in [0.25, 0.3) is 0 Å². The molecule has 1 aliphatic heterocycles. The third-order valence-electron chi connectivity index (χ3n) is 7.02. The molecule has 2 aromatic heterocycles. The lowest BCUT2D eigenvalue weighted by Crippen LogP contribution is -2.66. The molecule has 4 N–H and O–H groups in total. The van der Waals surface area contributed by atoms with Gasteiger partial charge in [0.2, 0.25) is 10.0 Å². The maximum Gasteiger partial charge on any atom is 0.408 e. The number of ether oxygens (including phenoxy) is 1. The van der Waals surface area contributed by atoms with Crippen LogP contribution in [-0.2, 0) is 20.3 Å². The number of benzene rings is 1. The largest absolute Gasteiger partial charge is 0.444 e. The van der Waals surface area contributed by atoms with E-state index in [2.05, 4.69) is 22.3 Å². The summed E-state index contributed by atoms with van der Waals surface area (Å²) in [5.74, 6) is 0. The Morgan fingerprint density at radius 3 is 2.50 bits per heavy atom. The number of nitrogens with one attached hydrogen (secondary N) is 2. The molecule has 1 amide bonds. The van der Waals surface area contributed by atoms with Gasteiger partial charge in [-0.25, -0.2) is 27.9 Å². The van der Waals surface area contributed by atoms with E-state index in [0.29, 0.717) is 35.4 Å². The molecule has 11 heteroatoms. The SMILES string of the molecule is C=C1/C=C\C=C/C/C(S(N)(=O)=O)=C\C=C/1c1cnn2cc(-c3ccc(C4(NC(=O)OC(C)(C)C)CNC4)cc3)cnc12. The van der Waals surface area contributed by atoms with Crippen LogP contribution in [0, 0.1) is 0 Å². The molecule has 1 aliphatic carbocycles. The highest BCUT2D eigenvalue weighted by Gasteiger charge is 2.41. The van der Waals surface area contributed by atoms with E-state index in [1.807, 2.05) is 57.3 Å². The molecule has 0 saturated carbocycles. The van der Waals surface area contributed by atoms with Gasteiger partial charge in [0.1, 0.15) is 5.60 Å². The van der Waals surface area contributed by atoms with Gasteiger partial charge >= 0.3 is 6.09 Å².